The van der Waals surface area contributed by atoms with E-state index in [0.29, 0.717) is 24.5 Å². The van der Waals surface area contributed by atoms with E-state index in [2.05, 4.69) is 5.16 Å². The van der Waals surface area contributed by atoms with E-state index in [9.17, 15) is 4.79 Å². The molecule has 1 aliphatic heterocycles. The van der Waals surface area contributed by atoms with Gasteiger partial charge in [-0.2, -0.15) is 0 Å². The number of nitrogen functional groups attached to an aromatic ring is 1. The molecule has 1 amide bonds. The number of hydrogen-bond acceptors (Lipinski definition) is 4. The van der Waals surface area contributed by atoms with Crippen LogP contribution >= 0.6 is 0 Å². The van der Waals surface area contributed by atoms with Gasteiger partial charge in [-0.15, -0.1) is 0 Å². The highest BCUT2D eigenvalue weighted by atomic mass is 16.5. The van der Waals surface area contributed by atoms with Crippen molar-refractivity contribution >= 4 is 11.6 Å². The minimum absolute atomic E-state index is 0.117. The Labute approximate surface area is 111 Å². The average molecular weight is 257 g/mol. The van der Waals surface area contributed by atoms with E-state index in [0.717, 1.165) is 23.2 Å². The first-order chi connectivity index (χ1) is 9.15. The predicted molar refractivity (Wildman–Crippen MR) is 70.5 cm³/mol. The highest BCUT2D eigenvalue weighted by molar-refractivity contribution is 5.91. The van der Waals surface area contributed by atoms with Crippen molar-refractivity contribution in [2.24, 2.45) is 0 Å². The van der Waals surface area contributed by atoms with Crippen LogP contribution in [0.3, 0.4) is 0 Å². The van der Waals surface area contributed by atoms with E-state index in [-0.39, 0.29) is 5.91 Å². The van der Waals surface area contributed by atoms with Crippen LogP contribution in [-0.4, -0.2) is 22.5 Å². The van der Waals surface area contributed by atoms with Crippen molar-refractivity contribution in [1.82, 2.24) is 10.1 Å². The summed E-state index contributed by atoms with van der Waals surface area (Å²) in [6, 6.07) is 7.49. The molecule has 5 heteroatoms. The average Bonchev–Trinajstić information content (AvgIpc) is 2.84. The second-order valence-corrected chi connectivity index (χ2v) is 4.79. The number of benzene rings is 1. The third-order valence-corrected chi connectivity index (χ3v) is 3.43. The number of carbonyl (C=O) groups is 1. The molecule has 1 aliphatic rings. The van der Waals surface area contributed by atoms with Gasteiger partial charge in [0, 0.05) is 24.8 Å². The first-order valence-corrected chi connectivity index (χ1v) is 6.24. The van der Waals surface area contributed by atoms with Gasteiger partial charge >= 0.3 is 0 Å². The van der Waals surface area contributed by atoms with E-state index in [1.54, 1.807) is 17.9 Å². The molecule has 0 aliphatic carbocycles. The SMILES string of the molecule is Cc1cc(C(=O)N2CCc3c(N)cccc3C2)on1. The fourth-order valence-corrected chi connectivity index (χ4v) is 2.43. The maximum absolute atomic E-state index is 12.3. The first kappa shape index (κ1) is 11.8. The van der Waals surface area contributed by atoms with Crippen molar-refractivity contribution in [3.8, 4) is 0 Å². The van der Waals surface area contributed by atoms with Crippen molar-refractivity contribution in [3.05, 3.63) is 46.8 Å². The van der Waals surface area contributed by atoms with Gasteiger partial charge < -0.3 is 15.2 Å². The molecular formula is C14H15N3O2. The van der Waals surface area contributed by atoms with Crippen LogP contribution in [0, 0.1) is 6.92 Å². The highest BCUT2D eigenvalue weighted by Gasteiger charge is 2.25. The van der Waals surface area contributed by atoms with E-state index in [1.165, 1.54) is 0 Å². The van der Waals surface area contributed by atoms with Gasteiger partial charge in [0.25, 0.3) is 5.91 Å². The number of aryl methyl sites for hydroxylation is 1. The summed E-state index contributed by atoms with van der Waals surface area (Å²) in [5.74, 6) is 0.179. The summed E-state index contributed by atoms with van der Waals surface area (Å²) >= 11 is 0. The zero-order chi connectivity index (χ0) is 13.4. The van der Waals surface area contributed by atoms with Gasteiger partial charge in [-0.05, 0) is 30.5 Å². The summed E-state index contributed by atoms with van der Waals surface area (Å²) in [5, 5.41) is 3.75. The summed E-state index contributed by atoms with van der Waals surface area (Å²) in [6.07, 6.45) is 0.779. The Bertz CT molecular complexity index is 633. The Morgan fingerprint density at radius 3 is 3.05 bits per heavy atom. The van der Waals surface area contributed by atoms with Crippen LogP contribution in [0.1, 0.15) is 27.4 Å². The molecule has 2 heterocycles. The van der Waals surface area contributed by atoms with Gasteiger partial charge in [0.05, 0.1) is 5.69 Å². The zero-order valence-electron chi connectivity index (χ0n) is 10.7. The lowest BCUT2D eigenvalue weighted by Gasteiger charge is -2.28. The van der Waals surface area contributed by atoms with E-state index >= 15 is 0 Å². The molecule has 5 nitrogen and oxygen atoms in total. The number of amides is 1. The molecule has 0 bridgehead atoms. The molecule has 98 valence electrons. The fraction of sp³-hybridized carbons (Fsp3) is 0.286. The Hall–Kier alpha value is -2.30. The lowest BCUT2D eigenvalue weighted by Crippen LogP contribution is -2.36. The molecule has 1 aromatic carbocycles. The number of nitrogens with two attached hydrogens (primary N) is 1. The molecule has 2 N–H and O–H groups in total. The zero-order valence-corrected chi connectivity index (χ0v) is 10.7. The monoisotopic (exact) mass is 257 g/mol. The number of fused-ring (bicyclic) bond motifs is 1. The second-order valence-electron chi connectivity index (χ2n) is 4.79. The quantitative estimate of drug-likeness (QED) is 0.790. The molecule has 1 aromatic heterocycles. The molecule has 0 saturated heterocycles. The van der Waals surface area contributed by atoms with Gasteiger partial charge in [-0.1, -0.05) is 17.3 Å². The molecule has 0 radical (unpaired) electrons. The number of nitrogens with zero attached hydrogens (tertiary/aromatic N) is 2. The van der Waals surface area contributed by atoms with Crippen molar-refractivity contribution in [3.63, 3.8) is 0 Å². The minimum atomic E-state index is -0.117. The van der Waals surface area contributed by atoms with Crippen molar-refractivity contribution in [2.45, 2.75) is 19.9 Å². The summed E-state index contributed by atoms with van der Waals surface area (Å²) in [6.45, 7) is 3.02. The molecule has 0 atom stereocenters. The summed E-state index contributed by atoms with van der Waals surface area (Å²) in [5.41, 5.74) is 9.72. The van der Waals surface area contributed by atoms with Crippen LogP contribution in [0.4, 0.5) is 5.69 Å². The van der Waals surface area contributed by atoms with Crippen LogP contribution in [0.25, 0.3) is 0 Å². The van der Waals surface area contributed by atoms with Gasteiger partial charge in [0.2, 0.25) is 5.76 Å². The van der Waals surface area contributed by atoms with Crippen LogP contribution in [0.5, 0.6) is 0 Å². The molecule has 0 fully saturated rings. The lowest BCUT2D eigenvalue weighted by atomic mass is 9.98. The first-order valence-electron chi connectivity index (χ1n) is 6.24. The minimum Gasteiger partial charge on any atom is -0.398 e. The third kappa shape index (κ3) is 2.07. The number of aromatic nitrogens is 1. The predicted octanol–water partition coefficient (Wildman–Crippen LogP) is 1.76. The topological polar surface area (TPSA) is 72.4 Å². The van der Waals surface area contributed by atoms with Crippen LogP contribution in [0.15, 0.2) is 28.8 Å². The fourth-order valence-electron chi connectivity index (χ4n) is 2.43. The summed E-state index contributed by atoms with van der Waals surface area (Å²) in [4.78, 5) is 14.0. The maximum Gasteiger partial charge on any atom is 0.292 e. The Morgan fingerprint density at radius 2 is 2.32 bits per heavy atom. The van der Waals surface area contributed by atoms with Gasteiger partial charge in [0.15, 0.2) is 0 Å². The summed E-state index contributed by atoms with van der Waals surface area (Å²) in [7, 11) is 0. The highest BCUT2D eigenvalue weighted by Crippen LogP contribution is 2.25. The van der Waals surface area contributed by atoms with Crippen LogP contribution in [0.2, 0.25) is 0 Å². The second kappa shape index (κ2) is 4.42. The van der Waals surface area contributed by atoms with E-state index < -0.39 is 0 Å². The molecule has 0 unspecified atom stereocenters. The van der Waals surface area contributed by atoms with Crippen molar-refractivity contribution in [2.75, 3.05) is 12.3 Å². The maximum atomic E-state index is 12.3. The van der Waals surface area contributed by atoms with Crippen molar-refractivity contribution < 1.29 is 9.32 Å². The van der Waals surface area contributed by atoms with E-state index in [1.807, 2.05) is 18.2 Å². The molecule has 0 saturated carbocycles. The number of rotatable bonds is 1. The van der Waals surface area contributed by atoms with Crippen LogP contribution < -0.4 is 5.73 Å². The standard InChI is InChI=1S/C14H15N3O2/c1-9-7-13(19-16-9)14(18)17-6-5-11-10(8-17)3-2-4-12(11)15/h2-4,7H,5-6,8,15H2,1H3. The molecule has 3 rings (SSSR count). The Kier molecular flexibility index (Phi) is 2.74. The number of carbonyl (C=O) groups excluding carboxylic acids is 1. The third-order valence-electron chi connectivity index (χ3n) is 3.43. The number of anilines is 1. The molecular weight excluding hydrogens is 242 g/mol. The van der Waals surface area contributed by atoms with Gasteiger partial charge in [-0.3, -0.25) is 4.79 Å². The normalized spacial score (nSPS) is 14.3. The molecule has 19 heavy (non-hydrogen) atoms. The van der Waals surface area contributed by atoms with E-state index in [4.69, 9.17) is 10.3 Å². The van der Waals surface area contributed by atoms with Gasteiger partial charge in [0.1, 0.15) is 0 Å². The Morgan fingerprint density at radius 1 is 1.47 bits per heavy atom. The lowest BCUT2D eigenvalue weighted by molar-refractivity contribution is 0.0692. The summed E-state index contributed by atoms with van der Waals surface area (Å²) < 4.78 is 5.03. The van der Waals surface area contributed by atoms with Crippen LogP contribution in [-0.2, 0) is 13.0 Å². The molecule has 2 aromatic rings. The molecule has 0 spiro atoms. The Balaban J connectivity index is 1.84. The van der Waals surface area contributed by atoms with Gasteiger partial charge in [-0.25, -0.2) is 0 Å². The van der Waals surface area contributed by atoms with Crippen molar-refractivity contribution in [1.29, 1.82) is 0 Å². The largest absolute Gasteiger partial charge is 0.398 e. The smallest absolute Gasteiger partial charge is 0.292 e. The number of hydrogen-bond donors (Lipinski definition) is 1.